The first-order valence-electron chi connectivity index (χ1n) is 7.76. The van der Waals surface area contributed by atoms with Crippen molar-refractivity contribution in [2.45, 2.75) is 16.7 Å². The van der Waals surface area contributed by atoms with Crippen LogP contribution in [0.3, 0.4) is 0 Å². The number of amides is 1. The Balaban J connectivity index is 1.75. The summed E-state index contributed by atoms with van der Waals surface area (Å²) in [7, 11) is 0. The first-order valence-corrected chi connectivity index (χ1v) is 8.64. The van der Waals surface area contributed by atoms with Gasteiger partial charge in [0.25, 0.3) is 0 Å². The number of benzene rings is 2. The van der Waals surface area contributed by atoms with Crippen LogP contribution in [0.4, 0.5) is 0 Å². The number of carbonyl (C=O) groups is 1. The van der Waals surface area contributed by atoms with Gasteiger partial charge in [-0.25, -0.2) is 0 Å². The van der Waals surface area contributed by atoms with Gasteiger partial charge >= 0.3 is 0 Å². The zero-order valence-electron chi connectivity index (χ0n) is 13.1. The summed E-state index contributed by atoms with van der Waals surface area (Å²) < 4.78 is 0. The van der Waals surface area contributed by atoms with E-state index in [1.807, 2.05) is 72.8 Å². The largest absolute Gasteiger partial charge is 0.351 e. The van der Waals surface area contributed by atoms with Gasteiger partial charge in [-0.3, -0.25) is 9.78 Å². The van der Waals surface area contributed by atoms with Gasteiger partial charge < -0.3 is 5.32 Å². The molecule has 1 N–H and O–H groups in total. The second-order valence-electron chi connectivity index (χ2n) is 5.30. The zero-order valence-corrected chi connectivity index (χ0v) is 13.9. The summed E-state index contributed by atoms with van der Waals surface area (Å²) in [6, 6.07) is 23.7. The SMILES string of the molecule is O=C(NCc1cccnc1)C(Sc1ccccc1)c1ccccc1. The lowest BCUT2D eigenvalue weighted by Gasteiger charge is -2.17. The van der Waals surface area contributed by atoms with Crippen LogP contribution in [0.2, 0.25) is 0 Å². The second-order valence-corrected chi connectivity index (χ2v) is 6.48. The Morgan fingerprint density at radius 1 is 0.958 bits per heavy atom. The van der Waals surface area contributed by atoms with Crippen LogP contribution in [-0.4, -0.2) is 10.9 Å². The highest BCUT2D eigenvalue weighted by Crippen LogP contribution is 2.35. The standard InChI is InChI=1S/C20H18N2OS/c23-20(22-15-16-8-7-13-21-14-16)19(17-9-3-1-4-10-17)24-18-11-5-2-6-12-18/h1-14,19H,15H2,(H,22,23). The normalized spacial score (nSPS) is 11.7. The molecule has 1 aromatic heterocycles. The minimum Gasteiger partial charge on any atom is -0.351 e. The molecule has 1 amide bonds. The van der Waals surface area contributed by atoms with E-state index in [0.717, 1.165) is 16.0 Å². The molecule has 2 aromatic carbocycles. The average molecular weight is 334 g/mol. The van der Waals surface area contributed by atoms with E-state index in [1.54, 1.807) is 24.2 Å². The molecular weight excluding hydrogens is 316 g/mol. The molecule has 1 heterocycles. The molecule has 0 aliphatic carbocycles. The maximum absolute atomic E-state index is 12.8. The van der Waals surface area contributed by atoms with Crippen molar-refractivity contribution in [3.63, 3.8) is 0 Å². The fourth-order valence-electron chi connectivity index (χ4n) is 2.32. The molecule has 3 rings (SSSR count). The Bertz CT molecular complexity index is 763. The molecule has 3 nitrogen and oxygen atoms in total. The maximum Gasteiger partial charge on any atom is 0.238 e. The Kier molecular flexibility index (Phi) is 5.64. The molecule has 0 aliphatic heterocycles. The Morgan fingerprint density at radius 3 is 2.33 bits per heavy atom. The lowest BCUT2D eigenvalue weighted by molar-refractivity contribution is -0.120. The number of carbonyl (C=O) groups excluding carboxylic acids is 1. The van der Waals surface area contributed by atoms with Gasteiger partial charge in [0.15, 0.2) is 0 Å². The predicted octanol–water partition coefficient (Wildman–Crippen LogP) is 4.23. The van der Waals surface area contributed by atoms with Crippen molar-refractivity contribution in [3.05, 3.63) is 96.3 Å². The molecule has 1 unspecified atom stereocenters. The van der Waals surface area contributed by atoms with Crippen LogP contribution in [0, 0.1) is 0 Å². The van der Waals surface area contributed by atoms with Gasteiger partial charge in [-0.1, -0.05) is 54.6 Å². The number of hydrogen-bond acceptors (Lipinski definition) is 3. The van der Waals surface area contributed by atoms with E-state index in [-0.39, 0.29) is 11.2 Å². The summed E-state index contributed by atoms with van der Waals surface area (Å²) in [4.78, 5) is 17.9. The number of nitrogens with one attached hydrogen (secondary N) is 1. The van der Waals surface area contributed by atoms with E-state index in [2.05, 4.69) is 10.3 Å². The highest BCUT2D eigenvalue weighted by Gasteiger charge is 2.21. The molecule has 0 radical (unpaired) electrons. The van der Waals surface area contributed by atoms with Crippen molar-refractivity contribution >= 4 is 17.7 Å². The second kappa shape index (κ2) is 8.31. The van der Waals surface area contributed by atoms with Crippen LogP contribution < -0.4 is 5.32 Å². The summed E-state index contributed by atoms with van der Waals surface area (Å²) in [6.45, 7) is 0.478. The van der Waals surface area contributed by atoms with Gasteiger partial charge in [-0.05, 0) is 29.3 Å². The number of hydrogen-bond donors (Lipinski definition) is 1. The summed E-state index contributed by atoms with van der Waals surface area (Å²) in [5.74, 6) is -0.00101. The van der Waals surface area contributed by atoms with Crippen molar-refractivity contribution < 1.29 is 4.79 Å². The molecule has 0 bridgehead atoms. The summed E-state index contributed by atoms with van der Waals surface area (Å²) in [5.41, 5.74) is 1.98. The van der Waals surface area contributed by atoms with Crippen LogP contribution in [0.1, 0.15) is 16.4 Å². The topological polar surface area (TPSA) is 42.0 Å². The molecule has 0 fully saturated rings. The number of rotatable bonds is 6. The van der Waals surface area contributed by atoms with Crippen molar-refractivity contribution in [2.24, 2.45) is 0 Å². The molecule has 0 spiro atoms. The quantitative estimate of drug-likeness (QED) is 0.686. The van der Waals surface area contributed by atoms with Crippen LogP contribution >= 0.6 is 11.8 Å². The third kappa shape index (κ3) is 4.46. The molecule has 24 heavy (non-hydrogen) atoms. The van der Waals surface area contributed by atoms with E-state index >= 15 is 0 Å². The number of pyridine rings is 1. The predicted molar refractivity (Wildman–Crippen MR) is 97.6 cm³/mol. The minimum absolute atomic E-state index is 0.00101. The third-order valence-corrected chi connectivity index (χ3v) is 4.79. The van der Waals surface area contributed by atoms with Crippen LogP contribution in [-0.2, 0) is 11.3 Å². The zero-order chi connectivity index (χ0) is 16.6. The fraction of sp³-hybridized carbons (Fsp3) is 0.100. The minimum atomic E-state index is -0.287. The Hall–Kier alpha value is -2.59. The Labute approximate surface area is 146 Å². The van der Waals surface area contributed by atoms with Gasteiger partial charge in [0.1, 0.15) is 5.25 Å². The lowest BCUT2D eigenvalue weighted by Crippen LogP contribution is -2.27. The van der Waals surface area contributed by atoms with Crippen LogP contribution in [0.5, 0.6) is 0 Å². The van der Waals surface area contributed by atoms with Crippen molar-refractivity contribution in [1.29, 1.82) is 0 Å². The monoisotopic (exact) mass is 334 g/mol. The lowest BCUT2D eigenvalue weighted by atomic mass is 10.1. The molecular formula is C20H18N2OS. The molecule has 120 valence electrons. The smallest absolute Gasteiger partial charge is 0.238 e. The number of nitrogens with zero attached hydrogens (tertiary/aromatic N) is 1. The van der Waals surface area contributed by atoms with Crippen LogP contribution in [0.25, 0.3) is 0 Å². The van der Waals surface area contributed by atoms with Crippen molar-refractivity contribution in [1.82, 2.24) is 10.3 Å². The molecule has 3 aromatic rings. The van der Waals surface area contributed by atoms with E-state index in [0.29, 0.717) is 6.54 Å². The number of aromatic nitrogens is 1. The summed E-state index contributed by atoms with van der Waals surface area (Å²) >= 11 is 1.56. The molecule has 0 saturated carbocycles. The van der Waals surface area contributed by atoms with Crippen molar-refractivity contribution in [2.75, 3.05) is 0 Å². The molecule has 1 atom stereocenters. The molecule has 0 saturated heterocycles. The first-order chi connectivity index (χ1) is 11.8. The first kappa shape index (κ1) is 16.3. The van der Waals surface area contributed by atoms with Gasteiger partial charge in [-0.15, -0.1) is 11.8 Å². The average Bonchev–Trinajstić information content (AvgIpc) is 2.66. The summed E-state index contributed by atoms with van der Waals surface area (Å²) in [5, 5.41) is 2.73. The van der Waals surface area contributed by atoms with Gasteiger partial charge in [-0.2, -0.15) is 0 Å². The van der Waals surface area contributed by atoms with E-state index < -0.39 is 0 Å². The Morgan fingerprint density at radius 2 is 1.67 bits per heavy atom. The molecule has 0 aliphatic rings. The van der Waals surface area contributed by atoms with Gasteiger partial charge in [0.2, 0.25) is 5.91 Å². The maximum atomic E-state index is 12.8. The van der Waals surface area contributed by atoms with Crippen molar-refractivity contribution in [3.8, 4) is 0 Å². The highest BCUT2D eigenvalue weighted by molar-refractivity contribution is 8.00. The van der Waals surface area contributed by atoms with Gasteiger partial charge in [0.05, 0.1) is 0 Å². The summed E-state index contributed by atoms with van der Waals surface area (Å²) in [6.07, 6.45) is 3.49. The third-order valence-electron chi connectivity index (χ3n) is 3.53. The van der Waals surface area contributed by atoms with Gasteiger partial charge in [0, 0.05) is 23.8 Å². The van der Waals surface area contributed by atoms with E-state index in [4.69, 9.17) is 0 Å². The van der Waals surface area contributed by atoms with E-state index in [1.165, 1.54) is 0 Å². The highest BCUT2D eigenvalue weighted by atomic mass is 32.2. The fourth-order valence-corrected chi connectivity index (χ4v) is 3.39. The van der Waals surface area contributed by atoms with Crippen LogP contribution in [0.15, 0.2) is 90.1 Å². The molecule has 4 heteroatoms. The number of thioether (sulfide) groups is 1. The van der Waals surface area contributed by atoms with E-state index in [9.17, 15) is 4.79 Å².